The number of rotatable bonds is 9. The number of carboxylic acid groups (broad SMARTS) is 1. The molecule has 170 valence electrons. The fourth-order valence-corrected chi connectivity index (χ4v) is 3.11. The maximum atomic E-state index is 12.4. The van der Waals surface area contributed by atoms with Crippen molar-refractivity contribution in [1.29, 1.82) is 0 Å². The molecule has 5 N–H and O–H groups in total. The topological polar surface area (TPSA) is 120 Å². The molecule has 8 heteroatoms. The van der Waals surface area contributed by atoms with E-state index in [9.17, 15) is 14.4 Å². The maximum Gasteiger partial charge on any atom is 0.323 e. The molecule has 3 amide bonds. The lowest BCUT2D eigenvalue weighted by Crippen LogP contribution is -2.20. The minimum absolute atomic E-state index is 0.00892. The summed E-state index contributed by atoms with van der Waals surface area (Å²) in [6.07, 6.45) is 0.182. The molecule has 3 aromatic rings. The monoisotopic (exact) mass is 446 g/mol. The van der Waals surface area contributed by atoms with Crippen LogP contribution < -0.4 is 21.3 Å². The SMILES string of the molecule is Cc1ccccc1NC(=O)Nc1ccc(CC(=O)Nc2cccc(NCCC(=O)O)c2)cc1. The van der Waals surface area contributed by atoms with Gasteiger partial charge in [0.1, 0.15) is 0 Å². The first-order valence-corrected chi connectivity index (χ1v) is 10.5. The quantitative estimate of drug-likeness (QED) is 0.326. The second-order valence-electron chi connectivity index (χ2n) is 7.47. The number of amides is 3. The minimum atomic E-state index is -0.875. The molecular formula is C25H26N4O4. The molecule has 0 fully saturated rings. The highest BCUT2D eigenvalue weighted by Gasteiger charge is 2.07. The zero-order valence-electron chi connectivity index (χ0n) is 18.2. The summed E-state index contributed by atoms with van der Waals surface area (Å²) in [5, 5.41) is 20.1. The highest BCUT2D eigenvalue weighted by molar-refractivity contribution is 6.00. The van der Waals surface area contributed by atoms with Crippen LogP contribution in [0.4, 0.5) is 27.5 Å². The van der Waals surface area contributed by atoms with Crippen LogP contribution in [0.2, 0.25) is 0 Å². The number of carbonyl (C=O) groups excluding carboxylic acids is 2. The Morgan fingerprint density at radius 1 is 0.788 bits per heavy atom. The molecule has 0 heterocycles. The second kappa shape index (κ2) is 11.3. The number of hydrogen-bond acceptors (Lipinski definition) is 4. The highest BCUT2D eigenvalue weighted by atomic mass is 16.4. The molecule has 0 radical (unpaired) electrons. The Kier molecular flexibility index (Phi) is 8.02. The zero-order chi connectivity index (χ0) is 23.6. The summed E-state index contributed by atoms with van der Waals surface area (Å²) in [6, 6.07) is 21.3. The number of anilines is 4. The molecule has 0 aromatic heterocycles. The van der Waals surface area contributed by atoms with Crippen LogP contribution >= 0.6 is 0 Å². The predicted octanol–water partition coefficient (Wildman–Crippen LogP) is 4.71. The standard InChI is InChI=1S/C25H26N4O4/c1-17-5-2-3-8-22(17)29-25(33)28-19-11-9-18(10-12-19)15-23(30)27-21-7-4-6-20(16-21)26-14-13-24(31)32/h2-12,16,26H,13-15H2,1H3,(H,27,30)(H,31,32)(H2,28,29,33). The Balaban J connectivity index is 1.49. The molecule has 3 aromatic carbocycles. The normalized spacial score (nSPS) is 10.2. The average Bonchev–Trinajstić information content (AvgIpc) is 2.77. The lowest BCUT2D eigenvalue weighted by Gasteiger charge is -2.11. The maximum absolute atomic E-state index is 12.4. The van der Waals surface area contributed by atoms with Crippen molar-refractivity contribution in [3.63, 3.8) is 0 Å². The fraction of sp³-hybridized carbons (Fsp3) is 0.160. The summed E-state index contributed by atoms with van der Waals surface area (Å²) in [6.45, 7) is 2.22. The summed E-state index contributed by atoms with van der Waals surface area (Å²) >= 11 is 0. The summed E-state index contributed by atoms with van der Waals surface area (Å²) in [5.74, 6) is -1.06. The van der Waals surface area contributed by atoms with Crippen LogP contribution in [0.25, 0.3) is 0 Å². The molecule has 33 heavy (non-hydrogen) atoms. The van der Waals surface area contributed by atoms with Gasteiger partial charge in [0.2, 0.25) is 5.91 Å². The Morgan fingerprint density at radius 3 is 2.24 bits per heavy atom. The number of para-hydroxylation sites is 1. The molecule has 0 aliphatic heterocycles. The van der Waals surface area contributed by atoms with Crippen molar-refractivity contribution in [1.82, 2.24) is 0 Å². The van der Waals surface area contributed by atoms with Gasteiger partial charge in [-0.2, -0.15) is 0 Å². The Bertz CT molecular complexity index is 1130. The fourth-order valence-electron chi connectivity index (χ4n) is 3.11. The third-order valence-electron chi connectivity index (χ3n) is 4.78. The van der Waals surface area contributed by atoms with Crippen LogP contribution in [0.5, 0.6) is 0 Å². The third-order valence-corrected chi connectivity index (χ3v) is 4.78. The van der Waals surface area contributed by atoms with Gasteiger partial charge in [0.15, 0.2) is 0 Å². The van der Waals surface area contributed by atoms with E-state index >= 15 is 0 Å². The van der Waals surface area contributed by atoms with E-state index in [4.69, 9.17) is 5.11 Å². The van der Waals surface area contributed by atoms with Crippen molar-refractivity contribution in [2.24, 2.45) is 0 Å². The molecule has 0 aliphatic carbocycles. The van der Waals surface area contributed by atoms with Gasteiger partial charge in [0, 0.05) is 29.3 Å². The predicted molar refractivity (Wildman–Crippen MR) is 130 cm³/mol. The molecule has 8 nitrogen and oxygen atoms in total. The van der Waals surface area contributed by atoms with Gasteiger partial charge < -0.3 is 26.4 Å². The molecule has 3 rings (SSSR count). The van der Waals surface area contributed by atoms with Crippen LogP contribution in [-0.2, 0) is 16.0 Å². The Labute approximate surface area is 192 Å². The number of benzene rings is 3. The Morgan fingerprint density at radius 2 is 1.52 bits per heavy atom. The van der Waals surface area contributed by atoms with Gasteiger partial charge >= 0.3 is 12.0 Å². The van der Waals surface area contributed by atoms with Crippen molar-refractivity contribution >= 4 is 40.7 Å². The van der Waals surface area contributed by atoms with Crippen molar-refractivity contribution < 1.29 is 19.5 Å². The van der Waals surface area contributed by atoms with E-state index in [-0.39, 0.29) is 24.8 Å². The summed E-state index contributed by atoms with van der Waals surface area (Å²) in [7, 11) is 0. The number of aliphatic carboxylic acids is 1. The van der Waals surface area contributed by atoms with E-state index in [1.165, 1.54) is 0 Å². The van der Waals surface area contributed by atoms with Gasteiger partial charge in [0.25, 0.3) is 0 Å². The molecule has 0 saturated carbocycles. The van der Waals surface area contributed by atoms with Crippen LogP contribution in [0, 0.1) is 6.92 Å². The first-order valence-electron chi connectivity index (χ1n) is 10.5. The van der Waals surface area contributed by atoms with Crippen molar-refractivity contribution in [3.05, 3.63) is 83.9 Å². The second-order valence-corrected chi connectivity index (χ2v) is 7.47. The largest absolute Gasteiger partial charge is 0.481 e. The number of aryl methyl sites for hydroxylation is 1. The summed E-state index contributed by atoms with van der Waals surface area (Å²) in [4.78, 5) is 35.2. The van der Waals surface area contributed by atoms with Crippen LogP contribution in [0.3, 0.4) is 0 Å². The summed E-state index contributed by atoms with van der Waals surface area (Å²) in [5.41, 5.74) is 4.47. The number of urea groups is 1. The van der Waals surface area contributed by atoms with E-state index in [2.05, 4.69) is 21.3 Å². The lowest BCUT2D eigenvalue weighted by molar-refractivity contribution is -0.136. The van der Waals surface area contributed by atoms with Crippen molar-refractivity contribution in [2.75, 3.05) is 27.8 Å². The van der Waals surface area contributed by atoms with Crippen LogP contribution in [0.1, 0.15) is 17.5 Å². The van der Waals surface area contributed by atoms with Crippen LogP contribution in [0.15, 0.2) is 72.8 Å². The first kappa shape index (κ1) is 23.3. The van der Waals surface area contributed by atoms with E-state index in [1.807, 2.05) is 31.2 Å². The average molecular weight is 447 g/mol. The number of carbonyl (C=O) groups is 3. The molecule has 0 aliphatic rings. The summed E-state index contributed by atoms with van der Waals surface area (Å²) < 4.78 is 0. The zero-order valence-corrected chi connectivity index (χ0v) is 18.2. The smallest absolute Gasteiger partial charge is 0.323 e. The highest BCUT2D eigenvalue weighted by Crippen LogP contribution is 2.17. The van der Waals surface area contributed by atoms with E-state index in [1.54, 1.807) is 48.5 Å². The molecule has 0 unspecified atom stereocenters. The Hall–Kier alpha value is -4.33. The van der Waals surface area contributed by atoms with Gasteiger partial charge in [-0.25, -0.2) is 4.79 Å². The molecule has 0 atom stereocenters. The van der Waals surface area contributed by atoms with Gasteiger partial charge in [-0.3, -0.25) is 9.59 Å². The third kappa shape index (κ3) is 7.70. The van der Waals surface area contributed by atoms with Gasteiger partial charge in [0.05, 0.1) is 12.8 Å². The number of carboxylic acids is 1. The van der Waals surface area contributed by atoms with Gasteiger partial charge in [-0.15, -0.1) is 0 Å². The molecular weight excluding hydrogens is 420 g/mol. The van der Waals surface area contributed by atoms with Gasteiger partial charge in [-0.05, 0) is 54.4 Å². The van der Waals surface area contributed by atoms with E-state index in [0.717, 1.165) is 22.5 Å². The van der Waals surface area contributed by atoms with Crippen LogP contribution in [-0.4, -0.2) is 29.6 Å². The molecule has 0 bridgehead atoms. The molecule has 0 saturated heterocycles. The van der Waals surface area contributed by atoms with Crippen molar-refractivity contribution in [3.8, 4) is 0 Å². The van der Waals surface area contributed by atoms with E-state index < -0.39 is 5.97 Å². The number of hydrogen-bond donors (Lipinski definition) is 5. The first-order chi connectivity index (χ1) is 15.9. The van der Waals surface area contributed by atoms with E-state index in [0.29, 0.717) is 17.9 Å². The van der Waals surface area contributed by atoms with Gasteiger partial charge in [-0.1, -0.05) is 36.4 Å². The number of nitrogens with one attached hydrogen (secondary N) is 4. The lowest BCUT2D eigenvalue weighted by atomic mass is 10.1. The minimum Gasteiger partial charge on any atom is -0.481 e. The van der Waals surface area contributed by atoms with Crippen molar-refractivity contribution in [2.45, 2.75) is 19.8 Å². The molecule has 0 spiro atoms.